The maximum absolute atomic E-state index is 13.7. The molecule has 0 saturated carbocycles. The lowest BCUT2D eigenvalue weighted by atomic mass is 9.93. The molecule has 0 unspecified atom stereocenters. The number of hydrogen-bond acceptors (Lipinski definition) is 9. The second-order valence-corrected chi connectivity index (χ2v) is 11.1. The molecule has 16 heteroatoms. The Labute approximate surface area is 276 Å². The van der Waals surface area contributed by atoms with Crippen LogP contribution in [0.25, 0.3) is 11.1 Å². The number of anilines is 2. The van der Waals surface area contributed by atoms with Gasteiger partial charge in [-0.2, -0.15) is 26.3 Å². The van der Waals surface area contributed by atoms with Crippen molar-refractivity contribution < 1.29 is 45.4 Å². The second-order valence-electron chi connectivity index (χ2n) is 11.1. The van der Waals surface area contributed by atoms with Gasteiger partial charge in [-0.25, -0.2) is 19.7 Å². The Morgan fingerprint density at radius 1 is 1.00 bits per heavy atom. The predicted octanol–water partition coefficient (Wildman–Crippen LogP) is 7.68. The summed E-state index contributed by atoms with van der Waals surface area (Å²) in [6.07, 6.45) is -5.72. The number of alkyl halides is 6. The van der Waals surface area contributed by atoms with Crippen molar-refractivity contribution in [1.29, 1.82) is 0 Å². The normalized spacial score (nSPS) is 16.1. The van der Waals surface area contributed by atoms with Crippen LogP contribution in [0, 0.1) is 0 Å². The maximum atomic E-state index is 13.7. The fraction of sp³-hybridized carbons (Fsp3) is 0.333. The fourth-order valence-electron chi connectivity index (χ4n) is 5.63. The van der Waals surface area contributed by atoms with Crippen molar-refractivity contribution in [2.24, 2.45) is 0 Å². The monoisotopic (exact) mass is 688 g/mol. The molecule has 0 aliphatic carbocycles. The van der Waals surface area contributed by atoms with Crippen molar-refractivity contribution in [2.75, 3.05) is 23.9 Å². The average Bonchev–Trinajstić information content (AvgIpc) is 3.07. The molecule has 1 amide bonds. The van der Waals surface area contributed by atoms with Gasteiger partial charge in [-0.1, -0.05) is 6.92 Å². The topological polar surface area (TPSA) is 119 Å². The third kappa shape index (κ3) is 7.73. The minimum Gasteiger partial charge on any atom is -0.481 e. The highest BCUT2D eigenvalue weighted by molar-refractivity contribution is 5.90. The van der Waals surface area contributed by atoms with Gasteiger partial charge in [-0.05, 0) is 55.7 Å². The zero-order chi connectivity index (χ0) is 35.5. The molecular weight excluding hydrogens is 658 g/mol. The lowest BCUT2D eigenvalue weighted by Crippen LogP contribution is -2.46. The van der Waals surface area contributed by atoms with E-state index < -0.39 is 42.0 Å². The molecule has 1 aliphatic rings. The number of carbonyl (C=O) groups is 2. The number of carbonyl (C=O) groups excluding carboxylic acids is 2. The van der Waals surface area contributed by atoms with Crippen LogP contribution in [0.4, 0.5) is 42.8 Å². The number of amides is 1. The van der Waals surface area contributed by atoms with Gasteiger partial charge in [-0.15, -0.1) is 0 Å². The van der Waals surface area contributed by atoms with Crippen LogP contribution in [0.3, 0.4) is 0 Å². The van der Waals surface area contributed by atoms with Gasteiger partial charge in [0, 0.05) is 53.8 Å². The van der Waals surface area contributed by atoms with Gasteiger partial charge in [0.2, 0.25) is 11.8 Å². The summed E-state index contributed by atoms with van der Waals surface area (Å²) in [5, 5.41) is 3.19. The number of halogens is 6. The van der Waals surface area contributed by atoms with Crippen LogP contribution < -0.4 is 15.0 Å². The molecule has 0 radical (unpaired) electrons. The SMILES string of the molecule is CCOC(=O)N1c2ccc(OC)nc2[C@@H](Nc2ncc(-c3cncc(C=O)c3)c(Cc3cc(C(F)(F)F)cc(C(F)(F)F)c3)n2)C[C@H]1CC. The molecule has 1 N–H and O–H groups in total. The molecule has 258 valence electrons. The molecule has 4 aromatic rings. The van der Waals surface area contributed by atoms with Crippen molar-refractivity contribution in [3.63, 3.8) is 0 Å². The van der Waals surface area contributed by atoms with E-state index in [-0.39, 0.29) is 52.9 Å². The molecule has 10 nitrogen and oxygen atoms in total. The Bertz CT molecular complexity index is 1820. The highest BCUT2D eigenvalue weighted by atomic mass is 19.4. The molecule has 1 aromatic carbocycles. The van der Waals surface area contributed by atoms with Gasteiger partial charge in [0.1, 0.15) is 0 Å². The average molecular weight is 689 g/mol. The Balaban J connectivity index is 1.61. The first-order valence-corrected chi connectivity index (χ1v) is 15.1. The minimum absolute atomic E-state index is 0.0127. The van der Waals surface area contributed by atoms with E-state index in [1.165, 1.54) is 36.7 Å². The summed E-state index contributed by atoms with van der Waals surface area (Å²) >= 11 is 0. The highest BCUT2D eigenvalue weighted by Gasteiger charge is 2.39. The molecule has 0 spiro atoms. The quantitative estimate of drug-likeness (QED) is 0.140. The third-order valence-electron chi connectivity index (χ3n) is 7.88. The standard InChI is InChI=1S/C33H30F6N6O4/c1-4-23-13-26(29-27(6-7-28(44-29)48-3)45(23)31(47)49-5-2)43-30-41-16-24(20-8-19(17-46)14-40-15-20)25(42-30)11-18-9-21(32(34,35)36)12-22(10-18)33(37,38)39/h6-10,12,14-17,23,26H,4-5,11,13H2,1-3H3,(H,41,42,43)/t23-,26+/m1/s1. The minimum atomic E-state index is -5.05. The van der Waals surface area contributed by atoms with E-state index in [1.54, 1.807) is 19.1 Å². The van der Waals surface area contributed by atoms with Crippen LogP contribution in [-0.2, 0) is 23.5 Å². The summed E-state index contributed by atoms with van der Waals surface area (Å²) in [4.78, 5) is 43.5. The van der Waals surface area contributed by atoms with Gasteiger partial charge >= 0.3 is 18.4 Å². The van der Waals surface area contributed by atoms with E-state index in [9.17, 15) is 35.9 Å². The highest BCUT2D eigenvalue weighted by Crippen LogP contribution is 2.41. The molecule has 1 aliphatic heterocycles. The third-order valence-corrected chi connectivity index (χ3v) is 7.88. The zero-order valence-electron chi connectivity index (χ0n) is 26.4. The van der Waals surface area contributed by atoms with Crippen molar-refractivity contribution in [3.05, 3.63) is 88.6 Å². The van der Waals surface area contributed by atoms with Crippen molar-refractivity contribution in [2.45, 2.75) is 57.5 Å². The molecule has 3 aromatic heterocycles. The Morgan fingerprint density at radius 2 is 1.71 bits per heavy atom. The van der Waals surface area contributed by atoms with Crippen LogP contribution in [0.5, 0.6) is 5.88 Å². The number of benzene rings is 1. The number of ether oxygens (including phenoxy) is 2. The van der Waals surface area contributed by atoms with E-state index in [2.05, 4.69) is 25.3 Å². The first kappa shape index (κ1) is 35.0. The summed E-state index contributed by atoms with van der Waals surface area (Å²) in [5.41, 5.74) is -1.59. The number of pyridine rings is 2. The van der Waals surface area contributed by atoms with Gasteiger partial charge in [0.15, 0.2) is 6.29 Å². The number of rotatable bonds is 9. The molecule has 0 bridgehead atoms. The van der Waals surface area contributed by atoms with Crippen molar-refractivity contribution >= 4 is 24.0 Å². The number of fused-ring (bicyclic) bond motifs is 1. The summed E-state index contributed by atoms with van der Waals surface area (Å²) in [7, 11) is 1.43. The van der Waals surface area contributed by atoms with Gasteiger partial charge in [0.05, 0.1) is 48.0 Å². The Kier molecular flexibility index (Phi) is 10.1. The first-order chi connectivity index (χ1) is 23.2. The van der Waals surface area contributed by atoms with E-state index in [1.807, 2.05) is 6.92 Å². The molecule has 49 heavy (non-hydrogen) atoms. The largest absolute Gasteiger partial charge is 0.481 e. The van der Waals surface area contributed by atoms with Gasteiger partial charge in [0.25, 0.3) is 0 Å². The smallest absolute Gasteiger partial charge is 0.416 e. The fourth-order valence-corrected chi connectivity index (χ4v) is 5.63. The molecule has 0 fully saturated rings. The molecule has 2 atom stereocenters. The number of methoxy groups -OCH3 is 1. The maximum Gasteiger partial charge on any atom is 0.416 e. The van der Waals surface area contributed by atoms with E-state index in [4.69, 9.17) is 9.47 Å². The van der Waals surface area contributed by atoms with Crippen LogP contribution in [-0.4, -0.2) is 52.1 Å². The van der Waals surface area contributed by atoms with Crippen LogP contribution >= 0.6 is 0 Å². The van der Waals surface area contributed by atoms with Crippen LogP contribution in [0.2, 0.25) is 0 Å². The van der Waals surface area contributed by atoms with E-state index >= 15 is 0 Å². The van der Waals surface area contributed by atoms with Crippen LogP contribution in [0.1, 0.15) is 71.2 Å². The number of nitrogens with zero attached hydrogens (tertiary/aromatic N) is 5. The number of aromatic nitrogens is 4. The summed E-state index contributed by atoms with van der Waals surface area (Å²) in [6.45, 7) is 3.73. The summed E-state index contributed by atoms with van der Waals surface area (Å²) < 4.78 is 92.8. The lowest BCUT2D eigenvalue weighted by molar-refractivity contribution is -0.143. The zero-order valence-corrected chi connectivity index (χ0v) is 26.4. The lowest BCUT2D eigenvalue weighted by Gasteiger charge is -2.39. The summed E-state index contributed by atoms with van der Waals surface area (Å²) in [6, 6.07) is 5.09. The number of nitrogens with one attached hydrogen (secondary N) is 1. The summed E-state index contributed by atoms with van der Waals surface area (Å²) in [5.74, 6) is 0.245. The molecule has 5 rings (SSSR count). The predicted molar refractivity (Wildman–Crippen MR) is 165 cm³/mol. The van der Waals surface area contributed by atoms with Crippen LogP contribution in [0.15, 0.2) is 55.0 Å². The van der Waals surface area contributed by atoms with Gasteiger partial charge in [-0.3, -0.25) is 14.7 Å². The van der Waals surface area contributed by atoms with Crippen molar-refractivity contribution in [1.82, 2.24) is 19.9 Å². The Hall–Kier alpha value is -5.28. The first-order valence-electron chi connectivity index (χ1n) is 15.1. The van der Waals surface area contributed by atoms with E-state index in [0.717, 1.165) is 0 Å². The van der Waals surface area contributed by atoms with E-state index in [0.29, 0.717) is 48.2 Å². The number of hydrogen-bond donors (Lipinski definition) is 1. The van der Waals surface area contributed by atoms with Gasteiger partial charge < -0.3 is 14.8 Å². The Morgan fingerprint density at radius 3 is 2.33 bits per heavy atom. The second kappa shape index (κ2) is 14.1. The molecular formula is C33H30F6N6O4. The van der Waals surface area contributed by atoms with Crippen molar-refractivity contribution in [3.8, 4) is 17.0 Å². The molecule has 4 heterocycles. The molecule has 0 saturated heterocycles. The number of aldehydes is 1.